The summed E-state index contributed by atoms with van der Waals surface area (Å²) >= 11 is 0. The summed E-state index contributed by atoms with van der Waals surface area (Å²) in [4.78, 5) is 4.96. The molecule has 1 saturated heterocycles. The lowest BCUT2D eigenvalue weighted by atomic mass is 10.1. The summed E-state index contributed by atoms with van der Waals surface area (Å²) in [5, 5.41) is 0. The number of hydrogen-bond donors (Lipinski definition) is 0. The molecular formula is C11H24N2. The third kappa shape index (κ3) is 2.44. The fourth-order valence-corrected chi connectivity index (χ4v) is 2.31. The molecule has 0 spiro atoms. The molecule has 0 amide bonds. The predicted octanol–water partition coefficient (Wildman–Crippen LogP) is 1.81. The molecular weight excluding hydrogens is 160 g/mol. The van der Waals surface area contributed by atoms with Crippen LogP contribution in [0, 0.1) is 0 Å². The molecule has 1 aliphatic heterocycles. The van der Waals surface area contributed by atoms with Gasteiger partial charge in [-0.2, -0.15) is 0 Å². The fourth-order valence-electron chi connectivity index (χ4n) is 2.31. The Morgan fingerprint density at radius 3 is 2.00 bits per heavy atom. The molecule has 0 radical (unpaired) electrons. The topological polar surface area (TPSA) is 6.48 Å². The first-order valence-electron chi connectivity index (χ1n) is 5.25. The highest BCUT2D eigenvalue weighted by molar-refractivity contribution is 4.92. The number of hydrogen-bond acceptors (Lipinski definition) is 2. The minimum absolute atomic E-state index is 0.324. The van der Waals surface area contributed by atoms with Crippen LogP contribution in [0.25, 0.3) is 0 Å². The van der Waals surface area contributed by atoms with Gasteiger partial charge >= 0.3 is 0 Å². The average molecular weight is 184 g/mol. The van der Waals surface area contributed by atoms with Gasteiger partial charge in [0.05, 0.1) is 0 Å². The summed E-state index contributed by atoms with van der Waals surface area (Å²) in [5.74, 6) is 0. The molecule has 0 bridgehead atoms. The van der Waals surface area contributed by atoms with Crippen LogP contribution in [0.5, 0.6) is 0 Å². The van der Waals surface area contributed by atoms with E-state index in [1.807, 2.05) is 0 Å². The zero-order valence-corrected chi connectivity index (χ0v) is 9.96. The number of rotatable bonds is 1. The first-order valence-corrected chi connectivity index (χ1v) is 5.25. The summed E-state index contributed by atoms with van der Waals surface area (Å²) < 4.78 is 0. The molecule has 0 aromatic heterocycles. The first kappa shape index (κ1) is 11.0. The van der Waals surface area contributed by atoms with Gasteiger partial charge in [0.15, 0.2) is 0 Å². The number of likely N-dealkylation sites (tertiary alicyclic amines) is 1. The molecule has 1 aliphatic rings. The highest BCUT2D eigenvalue weighted by Gasteiger charge is 2.36. The second-order valence-electron chi connectivity index (χ2n) is 5.53. The van der Waals surface area contributed by atoms with Gasteiger partial charge in [-0.3, -0.25) is 4.90 Å². The van der Waals surface area contributed by atoms with Crippen LogP contribution in [0.3, 0.4) is 0 Å². The first-order chi connectivity index (χ1) is 5.82. The molecule has 0 aliphatic carbocycles. The Bertz CT molecular complexity index is 169. The molecule has 1 heterocycles. The molecule has 0 aromatic carbocycles. The number of likely N-dealkylation sites (N-methyl/N-ethyl adjacent to an activating group) is 1. The third-order valence-corrected chi connectivity index (χ3v) is 3.14. The van der Waals surface area contributed by atoms with Gasteiger partial charge in [0.2, 0.25) is 0 Å². The van der Waals surface area contributed by atoms with Crippen molar-refractivity contribution in [1.82, 2.24) is 9.80 Å². The highest BCUT2D eigenvalue weighted by atomic mass is 15.3. The van der Waals surface area contributed by atoms with Crippen LogP contribution < -0.4 is 0 Å². The monoisotopic (exact) mass is 184 g/mol. The lowest BCUT2D eigenvalue weighted by molar-refractivity contribution is 0.123. The maximum atomic E-state index is 2.61. The average Bonchev–Trinajstić information content (AvgIpc) is 2.29. The van der Waals surface area contributed by atoms with Gasteiger partial charge in [0.25, 0.3) is 0 Å². The van der Waals surface area contributed by atoms with Gasteiger partial charge in [-0.15, -0.1) is 0 Å². The summed E-state index contributed by atoms with van der Waals surface area (Å²) in [7, 11) is 4.37. The highest BCUT2D eigenvalue weighted by Crippen LogP contribution is 2.27. The fraction of sp³-hybridized carbons (Fsp3) is 1.00. The van der Waals surface area contributed by atoms with Crippen LogP contribution in [0.15, 0.2) is 0 Å². The van der Waals surface area contributed by atoms with Crippen LogP contribution >= 0.6 is 0 Å². The van der Waals surface area contributed by atoms with E-state index in [1.54, 1.807) is 0 Å². The van der Waals surface area contributed by atoms with E-state index in [0.717, 1.165) is 12.1 Å². The van der Waals surface area contributed by atoms with Crippen LogP contribution in [-0.4, -0.2) is 48.1 Å². The molecule has 0 saturated carbocycles. The Morgan fingerprint density at radius 1 is 1.23 bits per heavy atom. The van der Waals surface area contributed by atoms with Crippen molar-refractivity contribution in [2.24, 2.45) is 0 Å². The van der Waals surface area contributed by atoms with Crippen LogP contribution in [-0.2, 0) is 0 Å². The van der Waals surface area contributed by atoms with Gasteiger partial charge < -0.3 is 4.90 Å². The summed E-state index contributed by atoms with van der Waals surface area (Å²) in [5.41, 5.74) is 0.324. The van der Waals surface area contributed by atoms with Gasteiger partial charge in [0, 0.05) is 24.2 Å². The van der Waals surface area contributed by atoms with E-state index in [9.17, 15) is 0 Å². The zero-order valence-electron chi connectivity index (χ0n) is 9.96. The lowest BCUT2D eigenvalue weighted by Gasteiger charge is -2.35. The molecule has 0 aromatic rings. The minimum atomic E-state index is 0.324. The maximum absolute atomic E-state index is 2.61. The molecule has 2 atom stereocenters. The van der Waals surface area contributed by atoms with E-state index in [4.69, 9.17) is 0 Å². The Kier molecular flexibility index (Phi) is 3.03. The summed E-state index contributed by atoms with van der Waals surface area (Å²) in [6.07, 6.45) is 1.31. The van der Waals surface area contributed by atoms with Crippen LogP contribution in [0.2, 0.25) is 0 Å². The van der Waals surface area contributed by atoms with Gasteiger partial charge in [0.1, 0.15) is 0 Å². The smallest absolute Gasteiger partial charge is 0.0232 e. The SMILES string of the molecule is C[C@H]1C[C@H](N(C)C)CN1C(C)(C)C. The van der Waals surface area contributed by atoms with Crippen LogP contribution in [0.4, 0.5) is 0 Å². The van der Waals surface area contributed by atoms with Crippen molar-refractivity contribution in [2.45, 2.75) is 51.7 Å². The van der Waals surface area contributed by atoms with Gasteiger partial charge in [-0.05, 0) is 48.2 Å². The molecule has 0 unspecified atom stereocenters. The molecule has 2 heteroatoms. The Morgan fingerprint density at radius 2 is 1.77 bits per heavy atom. The van der Waals surface area contributed by atoms with E-state index in [0.29, 0.717) is 5.54 Å². The van der Waals surface area contributed by atoms with E-state index >= 15 is 0 Å². The second-order valence-corrected chi connectivity index (χ2v) is 5.53. The Balaban J connectivity index is 2.62. The van der Waals surface area contributed by atoms with Gasteiger partial charge in [-0.1, -0.05) is 0 Å². The molecule has 0 N–H and O–H groups in total. The molecule has 1 rings (SSSR count). The minimum Gasteiger partial charge on any atom is -0.305 e. The van der Waals surface area contributed by atoms with E-state index in [1.165, 1.54) is 13.0 Å². The van der Waals surface area contributed by atoms with Crippen molar-refractivity contribution in [3.05, 3.63) is 0 Å². The molecule has 2 nitrogen and oxygen atoms in total. The van der Waals surface area contributed by atoms with Crippen molar-refractivity contribution in [3.8, 4) is 0 Å². The quantitative estimate of drug-likeness (QED) is 0.613. The summed E-state index contributed by atoms with van der Waals surface area (Å²) in [6, 6.07) is 1.47. The van der Waals surface area contributed by atoms with Crippen molar-refractivity contribution in [1.29, 1.82) is 0 Å². The van der Waals surface area contributed by atoms with E-state index < -0.39 is 0 Å². The maximum Gasteiger partial charge on any atom is 0.0232 e. The molecule has 13 heavy (non-hydrogen) atoms. The van der Waals surface area contributed by atoms with Crippen molar-refractivity contribution in [2.75, 3.05) is 20.6 Å². The van der Waals surface area contributed by atoms with Gasteiger partial charge in [-0.25, -0.2) is 0 Å². The third-order valence-electron chi connectivity index (χ3n) is 3.14. The standard InChI is InChI=1S/C11H24N2/c1-9-7-10(12(5)6)8-13(9)11(2,3)4/h9-10H,7-8H2,1-6H3/t9-,10-/m0/s1. The Hall–Kier alpha value is -0.0800. The van der Waals surface area contributed by atoms with E-state index in [2.05, 4.69) is 51.6 Å². The normalized spacial score (nSPS) is 31.6. The lowest BCUT2D eigenvalue weighted by Crippen LogP contribution is -2.44. The zero-order chi connectivity index (χ0) is 10.2. The predicted molar refractivity (Wildman–Crippen MR) is 58.0 cm³/mol. The van der Waals surface area contributed by atoms with Crippen LogP contribution in [0.1, 0.15) is 34.1 Å². The largest absolute Gasteiger partial charge is 0.305 e. The molecule has 1 fully saturated rings. The van der Waals surface area contributed by atoms with Crippen molar-refractivity contribution < 1.29 is 0 Å². The van der Waals surface area contributed by atoms with Crippen molar-refractivity contribution >= 4 is 0 Å². The molecule has 78 valence electrons. The number of nitrogens with zero attached hydrogens (tertiary/aromatic N) is 2. The second kappa shape index (κ2) is 3.58. The Labute approximate surface area is 82.9 Å². The van der Waals surface area contributed by atoms with E-state index in [-0.39, 0.29) is 0 Å². The summed E-state index contributed by atoms with van der Waals surface area (Å²) in [6.45, 7) is 10.5. The van der Waals surface area contributed by atoms with Crippen molar-refractivity contribution in [3.63, 3.8) is 0 Å².